The molecule has 6 nitrogen and oxygen atoms in total. The zero-order valence-corrected chi connectivity index (χ0v) is 14.7. The van der Waals surface area contributed by atoms with Gasteiger partial charge in [-0.2, -0.15) is 0 Å². The minimum atomic E-state index is 0.312. The molecule has 2 aromatic rings. The summed E-state index contributed by atoms with van der Waals surface area (Å²) in [5, 5.41) is 3.30. The summed E-state index contributed by atoms with van der Waals surface area (Å²) >= 11 is 0. The molecule has 0 spiro atoms. The van der Waals surface area contributed by atoms with E-state index in [4.69, 9.17) is 14.7 Å². The Balaban J connectivity index is 1.56. The van der Waals surface area contributed by atoms with Crippen LogP contribution in [0, 0.1) is 6.92 Å². The largest absolute Gasteiger partial charge is 0.381 e. The second-order valence-corrected chi connectivity index (χ2v) is 6.83. The van der Waals surface area contributed by atoms with Crippen molar-refractivity contribution in [3.05, 3.63) is 42.0 Å². The zero-order valence-electron chi connectivity index (χ0n) is 14.7. The van der Waals surface area contributed by atoms with E-state index >= 15 is 0 Å². The molecule has 2 saturated heterocycles. The van der Waals surface area contributed by atoms with Crippen LogP contribution in [-0.4, -0.2) is 45.7 Å². The summed E-state index contributed by atoms with van der Waals surface area (Å²) in [6.07, 6.45) is 6.34. The highest BCUT2D eigenvalue weighted by atomic mass is 16.5. The molecule has 1 atom stereocenters. The molecular formula is C19H25N5O. The van der Waals surface area contributed by atoms with Gasteiger partial charge in [-0.3, -0.25) is 4.90 Å². The topological polar surface area (TPSA) is 63.2 Å². The van der Waals surface area contributed by atoms with E-state index in [2.05, 4.69) is 15.2 Å². The molecule has 0 saturated carbocycles. The Morgan fingerprint density at radius 1 is 1.12 bits per heavy atom. The standard InChI is InChI=1S/C19H25N5O/c1-14-13-18(22-17-6-2-3-9-20-17)23-19(21-14)16-5-4-10-24(16)15-7-11-25-12-8-15/h2-3,6,9,13,15-16H,4-5,7-8,10-12H2,1H3,(H,20,21,22,23)/t16-/m0/s1. The molecule has 0 radical (unpaired) electrons. The van der Waals surface area contributed by atoms with Crippen molar-refractivity contribution < 1.29 is 4.74 Å². The molecular weight excluding hydrogens is 314 g/mol. The number of likely N-dealkylation sites (tertiary alicyclic amines) is 1. The van der Waals surface area contributed by atoms with Gasteiger partial charge in [-0.15, -0.1) is 0 Å². The predicted molar refractivity (Wildman–Crippen MR) is 96.8 cm³/mol. The molecule has 2 aliphatic rings. The maximum atomic E-state index is 5.53. The van der Waals surface area contributed by atoms with E-state index in [0.29, 0.717) is 12.1 Å². The van der Waals surface area contributed by atoms with Gasteiger partial charge < -0.3 is 10.1 Å². The van der Waals surface area contributed by atoms with Crippen molar-refractivity contribution in [2.24, 2.45) is 0 Å². The smallest absolute Gasteiger partial charge is 0.148 e. The zero-order chi connectivity index (χ0) is 17.1. The number of nitrogens with one attached hydrogen (secondary N) is 1. The number of pyridine rings is 1. The van der Waals surface area contributed by atoms with Crippen molar-refractivity contribution in [3.63, 3.8) is 0 Å². The van der Waals surface area contributed by atoms with Gasteiger partial charge in [-0.05, 0) is 51.3 Å². The van der Waals surface area contributed by atoms with E-state index in [9.17, 15) is 0 Å². The molecule has 0 aromatic carbocycles. The van der Waals surface area contributed by atoms with Gasteiger partial charge in [0.1, 0.15) is 17.5 Å². The molecule has 132 valence electrons. The van der Waals surface area contributed by atoms with Gasteiger partial charge in [0, 0.05) is 37.2 Å². The summed E-state index contributed by atoms with van der Waals surface area (Å²) in [5.74, 6) is 2.56. The summed E-state index contributed by atoms with van der Waals surface area (Å²) < 4.78 is 5.53. The van der Waals surface area contributed by atoms with Crippen LogP contribution < -0.4 is 5.32 Å². The van der Waals surface area contributed by atoms with E-state index in [0.717, 1.165) is 62.2 Å². The van der Waals surface area contributed by atoms with Crippen molar-refractivity contribution >= 4 is 11.6 Å². The summed E-state index contributed by atoms with van der Waals surface area (Å²) in [7, 11) is 0. The lowest BCUT2D eigenvalue weighted by atomic mass is 10.1. The Bertz CT molecular complexity index is 702. The average molecular weight is 339 g/mol. The lowest BCUT2D eigenvalue weighted by Crippen LogP contribution is -2.39. The highest BCUT2D eigenvalue weighted by molar-refractivity contribution is 5.51. The SMILES string of the molecule is Cc1cc(Nc2ccccn2)nc([C@@H]2CCCN2C2CCOCC2)n1. The van der Waals surface area contributed by atoms with Crippen LogP contribution in [0.1, 0.15) is 43.2 Å². The molecule has 2 aliphatic heterocycles. The third kappa shape index (κ3) is 3.80. The van der Waals surface area contributed by atoms with Crippen LogP contribution >= 0.6 is 0 Å². The molecule has 4 rings (SSSR count). The van der Waals surface area contributed by atoms with E-state index < -0.39 is 0 Å². The van der Waals surface area contributed by atoms with Crippen molar-refractivity contribution in [1.29, 1.82) is 0 Å². The van der Waals surface area contributed by atoms with Crippen LogP contribution in [-0.2, 0) is 4.74 Å². The Kier molecular flexibility index (Phi) is 4.90. The fraction of sp³-hybridized carbons (Fsp3) is 0.526. The third-order valence-corrected chi connectivity index (χ3v) is 5.04. The van der Waals surface area contributed by atoms with Crippen LogP contribution in [0.25, 0.3) is 0 Å². The van der Waals surface area contributed by atoms with E-state index in [1.165, 1.54) is 6.42 Å². The first-order chi connectivity index (χ1) is 12.3. The lowest BCUT2D eigenvalue weighted by molar-refractivity contribution is 0.0279. The average Bonchev–Trinajstić information content (AvgIpc) is 3.13. The van der Waals surface area contributed by atoms with Gasteiger partial charge >= 0.3 is 0 Å². The van der Waals surface area contributed by atoms with Gasteiger partial charge in [-0.1, -0.05) is 6.07 Å². The Hall–Kier alpha value is -2.05. The first-order valence-electron chi connectivity index (χ1n) is 9.17. The second-order valence-electron chi connectivity index (χ2n) is 6.83. The van der Waals surface area contributed by atoms with E-state index in [-0.39, 0.29) is 0 Å². The first-order valence-corrected chi connectivity index (χ1v) is 9.17. The van der Waals surface area contributed by atoms with Gasteiger partial charge in [0.25, 0.3) is 0 Å². The fourth-order valence-electron chi connectivity index (χ4n) is 3.89. The number of hydrogen-bond donors (Lipinski definition) is 1. The number of anilines is 2. The Labute approximate surface area is 148 Å². The minimum absolute atomic E-state index is 0.312. The van der Waals surface area contributed by atoms with Crippen LogP contribution in [0.5, 0.6) is 0 Å². The summed E-state index contributed by atoms with van der Waals surface area (Å²) in [6.45, 7) is 4.91. The number of hydrogen-bond acceptors (Lipinski definition) is 6. The van der Waals surface area contributed by atoms with Crippen molar-refractivity contribution in [2.75, 3.05) is 25.1 Å². The molecule has 0 bridgehead atoms. The highest BCUT2D eigenvalue weighted by Crippen LogP contribution is 2.35. The Morgan fingerprint density at radius 2 is 2.00 bits per heavy atom. The molecule has 2 fully saturated rings. The third-order valence-electron chi connectivity index (χ3n) is 5.04. The predicted octanol–water partition coefficient (Wildman–Crippen LogP) is 3.24. The van der Waals surface area contributed by atoms with Crippen LogP contribution in [0.4, 0.5) is 11.6 Å². The van der Waals surface area contributed by atoms with Gasteiger partial charge in [0.05, 0.1) is 6.04 Å². The highest BCUT2D eigenvalue weighted by Gasteiger charge is 2.34. The number of aromatic nitrogens is 3. The molecule has 1 N–H and O–H groups in total. The number of aryl methyl sites for hydroxylation is 1. The van der Waals surface area contributed by atoms with Crippen molar-refractivity contribution in [3.8, 4) is 0 Å². The van der Waals surface area contributed by atoms with Gasteiger partial charge in [-0.25, -0.2) is 15.0 Å². The molecule has 0 aliphatic carbocycles. The second kappa shape index (κ2) is 7.45. The summed E-state index contributed by atoms with van der Waals surface area (Å²) in [6, 6.07) is 8.71. The van der Waals surface area contributed by atoms with Crippen LogP contribution in [0.2, 0.25) is 0 Å². The minimum Gasteiger partial charge on any atom is -0.381 e. The quantitative estimate of drug-likeness (QED) is 0.923. The molecule has 0 amide bonds. The van der Waals surface area contributed by atoms with Crippen molar-refractivity contribution in [2.45, 2.75) is 44.7 Å². The Morgan fingerprint density at radius 3 is 2.80 bits per heavy atom. The molecule has 6 heteroatoms. The number of rotatable bonds is 4. The molecule has 2 aromatic heterocycles. The summed E-state index contributed by atoms with van der Waals surface area (Å²) in [4.78, 5) is 16.5. The fourth-order valence-corrected chi connectivity index (χ4v) is 3.89. The van der Waals surface area contributed by atoms with Gasteiger partial charge in [0.2, 0.25) is 0 Å². The molecule has 4 heterocycles. The van der Waals surface area contributed by atoms with E-state index in [1.54, 1.807) is 6.20 Å². The van der Waals surface area contributed by atoms with E-state index in [1.807, 2.05) is 31.2 Å². The molecule has 0 unspecified atom stereocenters. The van der Waals surface area contributed by atoms with Gasteiger partial charge in [0.15, 0.2) is 0 Å². The number of ether oxygens (including phenoxy) is 1. The van der Waals surface area contributed by atoms with Crippen LogP contribution in [0.3, 0.4) is 0 Å². The summed E-state index contributed by atoms with van der Waals surface area (Å²) in [5.41, 5.74) is 0.988. The van der Waals surface area contributed by atoms with Crippen LogP contribution in [0.15, 0.2) is 30.5 Å². The first kappa shape index (κ1) is 16.4. The lowest BCUT2D eigenvalue weighted by Gasteiger charge is -2.34. The normalized spacial score (nSPS) is 22.2. The molecule has 25 heavy (non-hydrogen) atoms. The maximum Gasteiger partial charge on any atom is 0.148 e. The maximum absolute atomic E-state index is 5.53. The van der Waals surface area contributed by atoms with Crippen molar-refractivity contribution in [1.82, 2.24) is 19.9 Å². The monoisotopic (exact) mass is 339 g/mol. The number of nitrogens with zero attached hydrogens (tertiary/aromatic N) is 4.